The van der Waals surface area contributed by atoms with E-state index in [0.717, 1.165) is 31.5 Å². The third-order valence-electron chi connectivity index (χ3n) is 3.82. The van der Waals surface area contributed by atoms with Gasteiger partial charge in [0.25, 0.3) is 5.91 Å². The zero-order valence-electron chi connectivity index (χ0n) is 12.8. The first kappa shape index (κ1) is 15.7. The van der Waals surface area contributed by atoms with E-state index in [9.17, 15) is 9.59 Å². The number of benzene rings is 1. The van der Waals surface area contributed by atoms with E-state index < -0.39 is 0 Å². The van der Waals surface area contributed by atoms with Crippen LogP contribution in [-0.4, -0.2) is 34.8 Å². The van der Waals surface area contributed by atoms with Crippen LogP contribution in [0.2, 0.25) is 0 Å². The molecule has 6 heteroatoms. The van der Waals surface area contributed by atoms with Gasteiger partial charge in [-0.3, -0.25) is 9.59 Å². The van der Waals surface area contributed by atoms with E-state index in [1.54, 1.807) is 5.38 Å². The maximum absolute atomic E-state index is 12.3. The molecule has 0 saturated carbocycles. The predicted molar refractivity (Wildman–Crippen MR) is 90.6 cm³/mol. The topological polar surface area (TPSA) is 62.3 Å². The van der Waals surface area contributed by atoms with Gasteiger partial charge in [-0.1, -0.05) is 30.3 Å². The van der Waals surface area contributed by atoms with Crippen molar-refractivity contribution in [3.8, 4) is 0 Å². The lowest BCUT2D eigenvalue weighted by molar-refractivity contribution is -0.115. The SMILES string of the molecule is O=C(Cc1ccccc1)Nc1nc(C(=O)N2CCCCC2)cs1. The van der Waals surface area contributed by atoms with Crippen molar-refractivity contribution in [2.45, 2.75) is 25.7 Å². The highest BCUT2D eigenvalue weighted by molar-refractivity contribution is 7.14. The Morgan fingerprint density at radius 1 is 1.13 bits per heavy atom. The summed E-state index contributed by atoms with van der Waals surface area (Å²) in [5.41, 5.74) is 1.37. The molecule has 0 spiro atoms. The first-order chi connectivity index (χ1) is 11.2. The van der Waals surface area contributed by atoms with E-state index in [-0.39, 0.29) is 11.8 Å². The van der Waals surface area contributed by atoms with Gasteiger partial charge in [-0.25, -0.2) is 4.98 Å². The number of piperidine rings is 1. The molecule has 2 amide bonds. The molecule has 1 aromatic heterocycles. The second kappa shape index (κ2) is 7.37. The van der Waals surface area contributed by atoms with Crippen LogP contribution in [0.3, 0.4) is 0 Å². The third kappa shape index (κ3) is 4.16. The minimum Gasteiger partial charge on any atom is -0.337 e. The molecule has 2 heterocycles. The molecule has 0 aliphatic carbocycles. The number of thiazole rings is 1. The van der Waals surface area contributed by atoms with Gasteiger partial charge in [-0.05, 0) is 24.8 Å². The average molecular weight is 329 g/mol. The minimum absolute atomic E-state index is 0.0375. The van der Waals surface area contributed by atoms with Crippen LogP contribution in [0.15, 0.2) is 35.7 Å². The van der Waals surface area contributed by atoms with E-state index in [1.807, 2.05) is 35.2 Å². The maximum atomic E-state index is 12.3. The number of aromatic nitrogens is 1. The molecule has 3 rings (SSSR count). The number of carbonyl (C=O) groups is 2. The summed E-state index contributed by atoms with van der Waals surface area (Å²) in [5, 5.41) is 4.96. The Kier molecular flexibility index (Phi) is 5.02. The lowest BCUT2D eigenvalue weighted by Crippen LogP contribution is -2.35. The van der Waals surface area contributed by atoms with Crippen molar-refractivity contribution in [1.29, 1.82) is 0 Å². The largest absolute Gasteiger partial charge is 0.337 e. The summed E-state index contributed by atoms with van der Waals surface area (Å²) in [6.45, 7) is 1.60. The van der Waals surface area contributed by atoms with Crippen LogP contribution in [0.4, 0.5) is 5.13 Å². The lowest BCUT2D eigenvalue weighted by atomic mass is 10.1. The van der Waals surface area contributed by atoms with Gasteiger partial charge in [0.15, 0.2) is 5.13 Å². The van der Waals surface area contributed by atoms with Gasteiger partial charge in [0.05, 0.1) is 6.42 Å². The highest BCUT2D eigenvalue weighted by atomic mass is 32.1. The highest BCUT2D eigenvalue weighted by Crippen LogP contribution is 2.19. The van der Waals surface area contributed by atoms with Crippen LogP contribution in [-0.2, 0) is 11.2 Å². The molecule has 0 bridgehead atoms. The molecule has 1 aliphatic rings. The Morgan fingerprint density at radius 2 is 1.87 bits per heavy atom. The molecule has 23 heavy (non-hydrogen) atoms. The van der Waals surface area contributed by atoms with E-state index in [0.29, 0.717) is 17.2 Å². The number of nitrogens with zero attached hydrogens (tertiary/aromatic N) is 2. The van der Waals surface area contributed by atoms with Crippen LogP contribution in [0.1, 0.15) is 35.3 Å². The molecule has 1 saturated heterocycles. The normalized spacial score (nSPS) is 14.5. The number of rotatable bonds is 4. The van der Waals surface area contributed by atoms with Crippen LogP contribution in [0.25, 0.3) is 0 Å². The molecule has 0 unspecified atom stereocenters. The monoisotopic (exact) mass is 329 g/mol. The molecule has 0 atom stereocenters. The zero-order valence-corrected chi connectivity index (χ0v) is 13.6. The van der Waals surface area contributed by atoms with Crippen molar-refractivity contribution < 1.29 is 9.59 Å². The molecule has 120 valence electrons. The molecule has 1 aromatic carbocycles. The Morgan fingerprint density at radius 3 is 2.61 bits per heavy atom. The van der Waals surface area contributed by atoms with Gasteiger partial charge < -0.3 is 10.2 Å². The summed E-state index contributed by atoms with van der Waals surface area (Å²) in [6, 6.07) is 9.54. The summed E-state index contributed by atoms with van der Waals surface area (Å²) >= 11 is 1.29. The van der Waals surface area contributed by atoms with Gasteiger partial charge in [0.2, 0.25) is 5.91 Å². The summed E-state index contributed by atoms with van der Waals surface area (Å²) in [4.78, 5) is 30.5. The summed E-state index contributed by atoms with van der Waals surface area (Å²) in [5.74, 6) is -0.160. The standard InChI is InChI=1S/C17H19N3O2S/c21-15(11-13-7-3-1-4-8-13)19-17-18-14(12-23-17)16(22)20-9-5-2-6-10-20/h1,3-4,7-8,12H,2,5-6,9-11H2,(H,18,19,21). The molecule has 0 radical (unpaired) electrons. The number of nitrogens with one attached hydrogen (secondary N) is 1. The van der Waals surface area contributed by atoms with Gasteiger partial charge >= 0.3 is 0 Å². The van der Waals surface area contributed by atoms with E-state index in [2.05, 4.69) is 10.3 Å². The Hall–Kier alpha value is -2.21. The van der Waals surface area contributed by atoms with E-state index in [1.165, 1.54) is 17.8 Å². The fourth-order valence-corrected chi connectivity index (χ4v) is 3.33. The second-order valence-corrected chi connectivity index (χ2v) is 6.46. The average Bonchev–Trinajstić information content (AvgIpc) is 3.04. The Balaban J connectivity index is 1.58. The Labute approximate surface area is 139 Å². The van der Waals surface area contributed by atoms with Crippen LogP contribution in [0, 0.1) is 0 Å². The molecule has 1 aliphatic heterocycles. The maximum Gasteiger partial charge on any atom is 0.273 e. The van der Waals surface area contributed by atoms with Crippen molar-refractivity contribution in [1.82, 2.24) is 9.88 Å². The van der Waals surface area contributed by atoms with Crippen molar-refractivity contribution in [2.24, 2.45) is 0 Å². The summed E-state index contributed by atoms with van der Waals surface area (Å²) in [7, 11) is 0. The number of amides is 2. The van der Waals surface area contributed by atoms with Crippen molar-refractivity contribution >= 4 is 28.3 Å². The molecule has 2 aromatic rings. The molecule has 5 nitrogen and oxygen atoms in total. The lowest BCUT2D eigenvalue weighted by Gasteiger charge is -2.25. The van der Waals surface area contributed by atoms with Crippen molar-refractivity contribution in [3.63, 3.8) is 0 Å². The highest BCUT2D eigenvalue weighted by Gasteiger charge is 2.20. The quantitative estimate of drug-likeness (QED) is 0.938. The van der Waals surface area contributed by atoms with E-state index >= 15 is 0 Å². The van der Waals surface area contributed by atoms with Gasteiger partial charge in [-0.2, -0.15) is 0 Å². The first-order valence-electron chi connectivity index (χ1n) is 7.81. The number of anilines is 1. The number of hydrogen-bond acceptors (Lipinski definition) is 4. The fourth-order valence-electron chi connectivity index (χ4n) is 2.63. The summed E-state index contributed by atoms with van der Waals surface area (Å²) in [6.07, 6.45) is 3.59. The van der Waals surface area contributed by atoms with E-state index in [4.69, 9.17) is 0 Å². The van der Waals surface area contributed by atoms with Gasteiger partial charge in [0, 0.05) is 18.5 Å². The fraction of sp³-hybridized carbons (Fsp3) is 0.353. The Bertz CT molecular complexity index is 678. The van der Waals surface area contributed by atoms with Gasteiger partial charge in [-0.15, -0.1) is 11.3 Å². The smallest absolute Gasteiger partial charge is 0.273 e. The molecule has 1 fully saturated rings. The minimum atomic E-state index is -0.123. The number of likely N-dealkylation sites (tertiary alicyclic amines) is 1. The number of carbonyl (C=O) groups excluding carboxylic acids is 2. The second-order valence-electron chi connectivity index (χ2n) is 5.60. The van der Waals surface area contributed by atoms with Crippen molar-refractivity contribution in [2.75, 3.05) is 18.4 Å². The third-order valence-corrected chi connectivity index (χ3v) is 4.58. The van der Waals surface area contributed by atoms with Gasteiger partial charge in [0.1, 0.15) is 5.69 Å². The van der Waals surface area contributed by atoms with Crippen LogP contribution < -0.4 is 5.32 Å². The van der Waals surface area contributed by atoms with Crippen LogP contribution in [0.5, 0.6) is 0 Å². The number of hydrogen-bond donors (Lipinski definition) is 1. The van der Waals surface area contributed by atoms with Crippen LogP contribution >= 0.6 is 11.3 Å². The van der Waals surface area contributed by atoms with Crippen molar-refractivity contribution in [3.05, 3.63) is 47.0 Å². The predicted octanol–water partition coefficient (Wildman–Crippen LogP) is 2.95. The first-order valence-corrected chi connectivity index (χ1v) is 8.69. The molecular weight excluding hydrogens is 310 g/mol. The zero-order chi connectivity index (χ0) is 16.1. The summed E-state index contributed by atoms with van der Waals surface area (Å²) < 4.78 is 0. The molecule has 1 N–H and O–H groups in total. The molecular formula is C17H19N3O2S.